The Morgan fingerprint density at radius 2 is 1.70 bits per heavy atom. The number of rotatable bonds is 6. The summed E-state index contributed by atoms with van der Waals surface area (Å²) in [7, 11) is 0. The standard InChI is InChI=1S/C22H36N4O/c1-17-14-19(18(2)26(17)21-6-4-3-5-7-21)15-24-10-12-25(13-11-24)16-22(27)23-20-8-9-20/h14,20-21H,3-13,15-16H2,1-2H3,(H,23,27)/p+2. The van der Waals surface area contributed by atoms with Crippen LogP contribution < -0.4 is 15.1 Å². The van der Waals surface area contributed by atoms with Crippen molar-refractivity contribution in [1.29, 1.82) is 0 Å². The normalized spacial score (nSPS) is 26.9. The molecule has 0 radical (unpaired) electrons. The third-order valence-electron chi connectivity index (χ3n) is 6.99. The molecule has 2 aliphatic carbocycles. The highest BCUT2D eigenvalue weighted by Crippen LogP contribution is 2.32. The minimum Gasteiger partial charge on any atom is -0.348 e. The molecule has 3 aliphatic rings. The molecule has 1 aliphatic heterocycles. The number of piperazine rings is 1. The molecule has 4 rings (SSSR count). The van der Waals surface area contributed by atoms with Gasteiger partial charge in [-0.25, -0.2) is 0 Å². The van der Waals surface area contributed by atoms with Gasteiger partial charge in [0.25, 0.3) is 5.91 Å². The zero-order valence-electron chi connectivity index (χ0n) is 17.3. The molecule has 150 valence electrons. The van der Waals surface area contributed by atoms with Crippen LogP contribution in [0.2, 0.25) is 0 Å². The number of quaternary nitrogens is 2. The molecular formula is C22H38N4O+2. The van der Waals surface area contributed by atoms with Crippen molar-refractivity contribution >= 4 is 5.91 Å². The number of carbonyl (C=O) groups excluding carboxylic acids is 1. The molecule has 2 saturated carbocycles. The Labute approximate surface area is 164 Å². The van der Waals surface area contributed by atoms with Crippen molar-refractivity contribution in [3.8, 4) is 0 Å². The van der Waals surface area contributed by atoms with Crippen LogP contribution in [0, 0.1) is 13.8 Å². The molecule has 0 bridgehead atoms. The Kier molecular flexibility index (Phi) is 5.88. The lowest BCUT2D eigenvalue weighted by Crippen LogP contribution is -3.28. The average molecular weight is 375 g/mol. The Morgan fingerprint density at radius 3 is 2.37 bits per heavy atom. The van der Waals surface area contributed by atoms with E-state index in [9.17, 15) is 4.79 Å². The molecule has 1 amide bonds. The van der Waals surface area contributed by atoms with E-state index < -0.39 is 0 Å². The summed E-state index contributed by atoms with van der Waals surface area (Å²) in [6.07, 6.45) is 9.26. The van der Waals surface area contributed by atoms with Gasteiger partial charge in [0.1, 0.15) is 32.7 Å². The van der Waals surface area contributed by atoms with Gasteiger partial charge in [-0.15, -0.1) is 0 Å². The first-order valence-corrected chi connectivity index (χ1v) is 11.2. The second kappa shape index (κ2) is 8.36. The van der Waals surface area contributed by atoms with E-state index >= 15 is 0 Å². The van der Waals surface area contributed by atoms with E-state index in [4.69, 9.17) is 0 Å². The van der Waals surface area contributed by atoms with Gasteiger partial charge in [0.05, 0.1) is 0 Å². The maximum absolute atomic E-state index is 12.0. The highest BCUT2D eigenvalue weighted by Gasteiger charge is 2.29. The molecule has 0 aromatic carbocycles. The molecule has 1 aromatic rings. The van der Waals surface area contributed by atoms with Gasteiger partial charge in [-0.1, -0.05) is 19.3 Å². The predicted molar refractivity (Wildman–Crippen MR) is 107 cm³/mol. The van der Waals surface area contributed by atoms with E-state index in [2.05, 4.69) is 29.8 Å². The third-order valence-corrected chi connectivity index (χ3v) is 6.99. The van der Waals surface area contributed by atoms with E-state index in [0.717, 1.165) is 25.7 Å². The summed E-state index contributed by atoms with van der Waals surface area (Å²) in [5, 5.41) is 3.13. The Bertz CT molecular complexity index is 650. The zero-order valence-corrected chi connectivity index (χ0v) is 17.3. The fourth-order valence-electron chi connectivity index (χ4n) is 5.24. The van der Waals surface area contributed by atoms with Crippen LogP contribution in [0.15, 0.2) is 6.07 Å². The second-order valence-corrected chi connectivity index (χ2v) is 9.25. The van der Waals surface area contributed by atoms with Gasteiger partial charge in [0.2, 0.25) is 0 Å². The van der Waals surface area contributed by atoms with Crippen molar-refractivity contribution in [2.45, 2.75) is 77.4 Å². The molecule has 5 heteroatoms. The van der Waals surface area contributed by atoms with Crippen molar-refractivity contribution < 1.29 is 14.6 Å². The van der Waals surface area contributed by atoms with Crippen LogP contribution in [-0.4, -0.2) is 49.2 Å². The maximum Gasteiger partial charge on any atom is 0.275 e. The van der Waals surface area contributed by atoms with Crippen molar-refractivity contribution in [1.82, 2.24) is 9.88 Å². The van der Waals surface area contributed by atoms with E-state index in [1.165, 1.54) is 74.3 Å². The lowest BCUT2D eigenvalue weighted by atomic mass is 9.95. The van der Waals surface area contributed by atoms with Gasteiger partial charge in [-0.2, -0.15) is 0 Å². The fraction of sp³-hybridized carbons (Fsp3) is 0.773. The monoisotopic (exact) mass is 374 g/mol. The van der Waals surface area contributed by atoms with E-state index in [1.54, 1.807) is 10.5 Å². The summed E-state index contributed by atoms with van der Waals surface area (Å²) in [6, 6.07) is 3.66. The number of aromatic nitrogens is 1. The first-order valence-electron chi connectivity index (χ1n) is 11.2. The number of nitrogens with zero attached hydrogens (tertiary/aromatic N) is 1. The summed E-state index contributed by atoms with van der Waals surface area (Å²) in [4.78, 5) is 15.2. The molecule has 1 aromatic heterocycles. The number of aryl methyl sites for hydroxylation is 1. The van der Waals surface area contributed by atoms with Gasteiger partial charge in [-0.3, -0.25) is 4.79 Å². The average Bonchev–Trinajstić information content (AvgIpc) is 3.42. The SMILES string of the molecule is Cc1cc(C[NH+]2CC[NH+](CC(=O)NC3CC3)CC2)c(C)n1C1CCCCC1. The Hall–Kier alpha value is -1.33. The number of hydrogen-bond donors (Lipinski definition) is 3. The first-order chi connectivity index (χ1) is 13.1. The van der Waals surface area contributed by atoms with Crippen molar-refractivity contribution in [3.05, 3.63) is 23.0 Å². The topological polar surface area (TPSA) is 42.9 Å². The quantitative estimate of drug-likeness (QED) is 0.653. The van der Waals surface area contributed by atoms with Crippen molar-refractivity contribution in [3.63, 3.8) is 0 Å². The molecule has 3 N–H and O–H groups in total. The highest BCUT2D eigenvalue weighted by molar-refractivity contribution is 5.77. The van der Waals surface area contributed by atoms with Crippen LogP contribution in [-0.2, 0) is 11.3 Å². The minimum absolute atomic E-state index is 0.256. The van der Waals surface area contributed by atoms with E-state index in [-0.39, 0.29) is 5.91 Å². The number of hydrogen-bond acceptors (Lipinski definition) is 1. The molecule has 1 saturated heterocycles. The zero-order chi connectivity index (χ0) is 18.8. The third kappa shape index (κ3) is 4.75. The molecule has 2 heterocycles. The maximum atomic E-state index is 12.0. The Balaban J connectivity index is 1.29. The smallest absolute Gasteiger partial charge is 0.275 e. The van der Waals surface area contributed by atoms with Gasteiger partial charge < -0.3 is 19.7 Å². The van der Waals surface area contributed by atoms with Crippen LogP contribution in [0.3, 0.4) is 0 Å². The lowest BCUT2D eigenvalue weighted by Gasteiger charge is -2.29. The molecule has 5 nitrogen and oxygen atoms in total. The summed E-state index contributed by atoms with van der Waals surface area (Å²) in [5.74, 6) is 0.256. The molecule has 27 heavy (non-hydrogen) atoms. The number of carbonyl (C=O) groups is 1. The molecule has 3 fully saturated rings. The molecule has 0 spiro atoms. The summed E-state index contributed by atoms with van der Waals surface area (Å²) in [6.45, 7) is 11.0. The highest BCUT2D eigenvalue weighted by atomic mass is 16.2. The van der Waals surface area contributed by atoms with Gasteiger partial charge in [-0.05, 0) is 45.6 Å². The van der Waals surface area contributed by atoms with Gasteiger partial charge in [0, 0.05) is 29.0 Å². The summed E-state index contributed by atoms with van der Waals surface area (Å²) >= 11 is 0. The van der Waals surface area contributed by atoms with Crippen LogP contribution in [0.1, 0.15) is 67.9 Å². The first kappa shape index (κ1) is 19.0. The van der Waals surface area contributed by atoms with Crippen LogP contribution in [0.25, 0.3) is 0 Å². The van der Waals surface area contributed by atoms with E-state index in [0.29, 0.717) is 12.6 Å². The van der Waals surface area contributed by atoms with Crippen molar-refractivity contribution in [2.75, 3.05) is 32.7 Å². The number of amides is 1. The van der Waals surface area contributed by atoms with Gasteiger partial charge in [0.15, 0.2) is 6.54 Å². The van der Waals surface area contributed by atoms with Crippen molar-refractivity contribution in [2.24, 2.45) is 0 Å². The van der Waals surface area contributed by atoms with Crippen LogP contribution in [0.4, 0.5) is 0 Å². The second-order valence-electron chi connectivity index (χ2n) is 9.25. The summed E-state index contributed by atoms with van der Waals surface area (Å²) in [5.41, 5.74) is 4.50. The molecular weight excluding hydrogens is 336 g/mol. The molecule has 0 unspecified atom stereocenters. The Morgan fingerprint density at radius 1 is 1.04 bits per heavy atom. The summed E-state index contributed by atoms with van der Waals surface area (Å²) < 4.78 is 2.64. The lowest BCUT2D eigenvalue weighted by molar-refractivity contribution is -1.02. The number of nitrogens with one attached hydrogen (secondary N) is 3. The van der Waals surface area contributed by atoms with Crippen LogP contribution in [0.5, 0.6) is 0 Å². The van der Waals surface area contributed by atoms with Gasteiger partial charge >= 0.3 is 0 Å². The molecule has 0 atom stereocenters. The predicted octanol–water partition coefficient (Wildman–Crippen LogP) is 0.172. The van der Waals surface area contributed by atoms with Crippen LogP contribution >= 0.6 is 0 Å². The largest absolute Gasteiger partial charge is 0.348 e. The fourth-order valence-corrected chi connectivity index (χ4v) is 5.24. The minimum atomic E-state index is 0.256. The van der Waals surface area contributed by atoms with E-state index in [1.807, 2.05) is 0 Å².